The number of methoxy groups -OCH3 is 1. The van der Waals surface area contributed by atoms with Crippen LogP contribution in [0.1, 0.15) is 31.4 Å². The van der Waals surface area contributed by atoms with Gasteiger partial charge in [0, 0.05) is 13.7 Å². The first kappa shape index (κ1) is 9.74. The predicted octanol–water partition coefficient (Wildman–Crippen LogP) is 2.10. The van der Waals surface area contributed by atoms with Gasteiger partial charge in [-0.1, -0.05) is 13.8 Å². The minimum atomic E-state index is 0.308. The van der Waals surface area contributed by atoms with E-state index in [1.807, 2.05) is 12.1 Å². The quantitative estimate of drug-likeness (QED) is 0.802. The van der Waals surface area contributed by atoms with Crippen molar-refractivity contribution in [2.24, 2.45) is 5.41 Å². The highest BCUT2D eigenvalue weighted by Crippen LogP contribution is 2.40. The minimum absolute atomic E-state index is 0.308. The number of hydrogen-bond acceptors (Lipinski definition) is 3. The second kappa shape index (κ2) is 3.41. The van der Waals surface area contributed by atoms with Crippen molar-refractivity contribution in [1.29, 1.82) is 0 Å². The van der Waals surface area contributed by atoms with Crippen LogP contribution in [0.25, 0.3) is 0 Å². The summed E-state index contributed by atoms with van der Waals surface area (Å²) in [5, 5.41) is 3.37. The normalized spacial score (nSPS) is 24.6. The lowest BCUT2D eigenvalue weighted by Gasteiger charge is -2.44. The highest BCUT2D eigenvalue weighted by molar-refractivity contribution is 5.16. The highest BCUT2D eigenvalue weighted by Gasteiger charge is 2.40. The van der Waals surface area contributed by atoms with Gasteiger partial charge >= 0.3 is 0 Å². The van der Waals surface area contributed by atoms with Crippen molar-refractivity contribution >= 4 is 0 Å². The van der Waals surface area contributed by atoms with Crippen LogP contribution in [0.5, 0.6) is 0 Å². The van der Waals surface area contributed by atoms with Crippen molar-refractivity contribution in [3.63, 3.8) is 0 Å². The van der Waals surface area contributed by atoms with E-state index in [-0.39, 0.29) is 0 Å². The van der Waals surface area contributed by atoms with Crippen LogP contribution in [-0.2, 0) is 11.3 Å². The Kier molecular flexibility index (Phi) is 2.37. The van der Waals surface area contributed by atoms with Gasteiger partial charge in [0.15, 0.2) is 0 Å². The Morgan fingerprint density at radius 3 is 2.86 bits per heavy atom. The molecule has 14 heavy (non-hydrogen) atoms. The molecule has 0 radical (unpaired) electrons. The molecule has 1 N–H and O–H groups in total. The zero-order chi connectivity index (χ0) is 10.2. The molecule has 0 aromatic carbocycles. The van der Waals surface area contributed by atoms with Gasteiger partial charge in [-0.3, -0.25) is 0 Å². The molecule has 3 nitrogen and oxygen atoms in total. The second-order valence-electron chi connectivity index (χ2n) is 4.54. The summed E-state index contributed by atoms with van der Waals surface area (Å²) in [4.78, 5) is 0. The van der Waals surface area contributed by atoms with E-state index >= 15 is 0 Å². The average molecular weight is 195 g/mol. The van der Waals surface area contributed by atoms with E-state index < -0.39 is 0 Å². The monoisotopic (exact) mass is 195 g/mol. The highest BCUT2D eigenvalue weighted by atomic mass is 16.5. The van der Waals surface area contributed by atoms with Crippen molar-refractivity contribution < 1.29 is 9.15 Å². The largest absolute Gasteiger partial charge is 0.462 e. The van der Waals surface area contributed by atoms with Crippen LogP contribution < -0.4 is 5.32 Å². The summed E-state index contributed by atoms with van der Waals surface area (Å²) in [6, 6.07) is 4.37. The molecule has 1 aliphatic rings. The van der Waals surface area contributed by atoms with Gasteiger partial charge < -0.3 is 14.5 Å². The van der Waals surface area contributed by atoms with Crippen LogP contribution in [0.2, 0.25) is 0 Å². The Bertz CT molecular complexity index is 317. The number of rotatable bonds is 3. The van der Waals surface area contributed by atoms with Crippen molar-refractivity contribution in [2.45, 2.75) is 26.5 Å². The molecule has 1 atom stereocenters. The summed E-state index contributed by atoms with van der Waals surface area (Å²) in [5.41, 5.74) is 0.308. The maximum atomic E-state index is 5.68. The SMILES string of the molecule is COCc1ccc(C2NCC2(C)C)o1. The Morgan fingerprint density at radius 1 is 1.57 bits per heavy atom. The zero-order valence-electron chi connectivity index (χ0n) is 8.96. The van der Waals surface area contributed by atoms with Gasteiger partial charge in [-0.25, -0.2) is 0 Å². The van der Waals surface area contributed by atoms with Crippen LogP contribution >= 0.6 is 0 Å². The molecule has 1 saturated heterocycles. The van der Waals surface area contributed by atoms with Crippen LogP contribution in [0.3, 0.4) is 0 Å². The fourth-order valence-corrected chi connectivity index (χ4v) is 1.87. The fourth-order valence-electron chi connectivity index (χ4n) is 1.87. The van der Waals surface area contributed by atoms with Crippen molar-refractivity contribution in [3.8, 4) is 0 Å². The van der Waals surface area contributed by atoms with E-state index in [4.69, 9.17) is 9.15 Å². The molecule has 3 heteroatoms. The molecule has 78 valence electrons. The van der Waals surface area contributed by atoms with Gasteiger partial charge in [-0.05, 0) is 17.5 Å². The lowest BCUT2D eigenvalue weighted by atomic mass is 9.76. The molecule has 2 rings (SSSR count). The molecule has 1 unspecified atom stereocenters. The third-order valence-electron chi connectivity index (χ3n) is 2.80. The van der Waals surface area contributed by atoms with E-state index in [9.17, 15) is 0 Å². The lowest BCUT2D eigenvalue weighted by Crippen LogP contribution is -2.52. The fraction of sp³-hybridized carbons (Fsp3) is 0.636. The lowest BCUT2D eigenvalue weighted by molar-refractivity contribution is 0.101. The Hall–Kier alpha value is -0.800. The van der Waals surface area contributed by atoms with E-state index in [0.717, 1.165) is 18.1 Å². The summed E-state index contributed by atoms with van der Waals surface area (Å²) in [6.45, 7) is 6.09. The third kappa shape index (κ3) is 1.57. The summed E-state index contributed by atoms with van der Waals surface area (Å²) >= 11 is 0. The molecule has 2 heterocycles. The topological polar surface area (TPSA) is 34.4 Å². The van der Waals surface area contributed by atoms with Crippen LogP contribution in [0.15, 0.2) is 16.5 Å². The second-order valence-corrected chi connectivity index (χ2v) is 4.54. The molecule has 1 aromatic heterocycles. The molecule has 1 aromatic rings. The molecule has 1 fully saturated rings. The van der Waals surface area contributed by atoms with E-state index in [1.54, 1.807) is 7.11 Å². The van der Waals surface area contributed by atoms with Crippen molar-refractivity contribution in [1.82, 2.24) is 5.32 Å². The first-order valence-corrected chi connectivity index (χ1v) is 4.94. The molecule has 0 aliphatic carbocycles. The summed E-state index contributed by atoms with van der Waals surface area (Å²) < 4.78 is 10.7. The van der Waals surface area contributed by atoms with Crippen molar-refractivity contribution in [3.05, 3.63) is 23.7 Å². The number of nitrogens with one attached hydrogen (secondary N) is 1. The Balaban J connectivity index is 2.09. The van der Waals surface area contributed by atoms with Gasteiger partial charge in [-0.15, -0.1) is 0 Å². The standard InChI is InChI=1S/C11H17NO2/c1-11(2)7-12-10(11)9-5-4-8(14-9)6-13-3/h4-5,10,12H,6-7H2,1-3H3. The Morgan fingerprint density at radius 2 is 2.36 bits per heavy atom. The molecular weight excluding hydrogens is 178 g/mol. The van der Waals surface area contributed by atoms with Gasteiger partial charge in [0.2, 0.25) is 0 Å². The summed E-state index contributed by atoms with van der Waals surface area (Å²) in [5.74, 6) is 1.92. The maximum Gasteiger partial charge on any atom is 0.129 e. The van der Waals surface area contributed by atoms with E-state index in [1.165, 1.54) is 0 Å². The first-order valence-electron chi connectivity index (χ1n) is 4.94. The van der Waals surface area contributed by atoms with Crippen LogP contribution in [-0.4, -0.2) is 13.7 Å². The van der Waals surface area contributed by atoms with Crippen LogP contribution in [0.4, 0.5) is 0 Å². The minimum Gasteiger partial charge on any atom is -0.462 e. The third-order valence-corrected chi connectivity index (χ3v) is 2.80. The van der Waals surface area contributed by atoms with E-state index in [0.29, 0.717) is 18.1 Å². The van der Waals surface area contributed by atoms with E-state index in [2.05, 4.69) is 19.2 Å². The van der Waals surface area contributed by atoms with Gasteiger partial charge in [0.1, 0.15) is 18.1 Å². The molecular formula is C11H17NO2. The van der Waals surface area contributed by atoms with Gasteiger partial charge in [-0.2, -0.15) is 0 Å². The molecule has 0 saturated carbocycles. The summed E-state index contributed by atoms with van der Waals surface area (Å²) in [6.07, 6.45) is 0. The van der Waals surface area contributed by atoms with Crippen molar-refractivity contribution in [2.75, 3.05) is 13.7 Å². The predicted molar refractivity (Wildman–Crippen MR) is 53.9 cm³/mol. The molecule has 0 amide bonds. The van der Waals surface area contributed by atoms with Gasteiger partial charge in [0.25, 0.3) is 0 Å². The molecule has 0 bridgehead atoms. The zero-order valence-corrected chi connectivity index (χ0v) is 8.96. The Labute approximate surface area is 84.4 Å². The number of furan rings is 1. The number of ether oxygens (including phenoxy) is 1. The summed E-state index contributed by atoms with van der Waals surface area (Å²) in [7, 11) is 1.67. The number of hydrogen-bond donors (Lipinski definition) is 1. The average Bonchev–Trinajstić information content (AvgIpc) is 2.52. The van der Waals surface area contributed by atoms with Crippen LogP contribution in [0, 0.1) is 5.41 Å². The smallest absolute Gasteiger partial charge is 0.129 e. The van der Waals surface area contributed by atoms with Gasteiger partial charge in [0.05, 0.1) is 6.04 Å². The maximum absolute atomic E-state index is 5.68. The molecule has 0 spiro atoms. The molecule has 1 aliphatic heterocycles. The first-order chi connectivity index (χ1) is 6.63.